The van der Waals surface area contributed by atoms with Crippen molar-refractivity contribution in [3.05, 3.63) is 41.0 Å². The zero-order chi connectivity index (χ0) is 13.3. The standard InChI is InChI=1S/C13H15N3O2/c1-8-5-6-10(9(2)15-8)13(17)12-11(18-4)7-14-16(12)3/h5-7H,1-4H3. The molecule has 2 rings (SSSR count). The van der Waals surface area contributed by atoms with Crippen molar-refractivity contribution in [1.82, 2.24) is 14.8 Å². The van der Waals surface area contributed by atoms with Gasteiger partial charge in [0.25, 0.3) is 0 Å². The maximum Gasteiger partial charge on any atom is 0.216 e. The van der Waals surface area contributed by atoms with E-state index in [4.69, 9.17) is 4.74 Å². The van der Waals surface area contributed by atoms with Gasteiger partial charge >= 0.3 is 0 Å². The number of pyridine rings is 1. The van der Waals surface area contributed by atoms with Gasteiger partial charge in [0.05, 0.1) is 13.3 Å². The van der Waals surface area contributed by atoms with Crippen molar-refractivity contribution in [1.29, 1.82) is 0 Å². The molecule has 0 aliphatic heterocycles. The maximum absolute atomic E-state index is 12.5. The van der Waals surface area contributed by atoms with E-state index in [1.165, 1.54) is 18.0 Å². The van der Waals surface area contributed by atoms with E-state index in [1.807, 2.05) is 19.9 Å². The van der Waals surface area contributed by atoms with Crippen molar-refractivity contribution in [2.75, 3.05) is 7.11 Å². The van der Waals surface area contributed by atoms with Crippen LogP contribution in [0, 0.1) is 13.8 Å². The second-order valence-corrected chi connectivity index (χ2v) is 4.10. The van der Waals surface area contributed by atoms with Crippen molar-refractivity contribution in [2.24, 2.45) is 7.05 Å². The Hall–Kier alpha value is -2.17. The lowest BCUT2D eigenvalue weighted by atomic mass is 10.1. The van der Waals surface area contributed by atoms with Crippen molar-refractivity contribution in [3.63, 3.8) is 0 Å². The van der Waals surface area contributed by atoms with Gasteiger partial charge < -0.3 is 4.74 Å². The van der Waals surface area contributed by atoms with Crippen LogP contribution in [-0.2, 0) is 7.05 Å². The zero-order valence-electron chi connectivity index (χ0n) is 10.9. The summed E-state index contributed by atoms with van der Waals surface area (Å²) in [6.45, 7) is 3.72. The molecule has 0 fully saturated rings. The van der Waals surface area contributed by atoms with Crippen LogP contribution in [0.4, 0.5) is 0 Å². The first kappa shape index (κ1) is 12.3. The number of carbonyl (C=O) groups excluding carboxylic acids is 1. The summed E-state index contributed by atoms with van der Waals surface area (Å²) in [7, 11) is 3.24. The normalized spacial score (nSPS) is 10.4. The minimum Gasteiger partial charge on any atom is -0.493 e. The first-order valence-corrected chi connectivity index (χ1v) is 5.59. The Morgan fingerprint density at radius 3 is 2.67 bits per heavy atom. The highest BCUT2D eigenvalue weighted by molar-refractivity contribution is 6.10. The molecule has 2 aromatic heterocycles. The molecule has 0 aliphatic carbocycles. The van der Waals surface area contributed by atoms with Crippen LogP contribution in [0.3, 0.4) is 0 Å². The van der Waals surface area contributed by atoms with E-state index in [9.17, 15) is 4.79 Å². The van der Waals surface area contributed by atoms with Crippen molar-refractivity contribution in [3.8, 4) is 5.75 Å². The van der Waals surface area contributed by atoms with E-state index in [-0.39, 0.29) is 5.78 Å². The number of hydrogen-bond acceptors (Lipinski definition) is 4. The third-order valence-electron chi connectivity index (χ3n) is 2.81. The average molecular weight is 245 g/mol. The van der Waals surface area contributed by atoms with E-state index in [2.05, 4.69) is 10.1 Å². The molecule has 0 N–H and O–H groups in total. The summed E-state index contributed by atoms with van der Waals surface area (Å²) in [5.74, 6) is 0.347. The van der Waals surface area contributed by atoms with Gasteiger partial charge in [-0.25, -0.2) is 0 Å². The van der Waals surface area contributed by atoms with E-state index in [1.54, 1.807) is 13.1 Å². The predicted molar refractivity (Wildman–Crippen MR) is 66.9 cm³/mol. The van der Waals surface area contributed by atoms with E-state index in [0.29, 0.717) is 22.7 Å². The quantitative estimate of drug-likeness (QED) is 0.772. The topological polar surface area (TPSA) is 57.0 Å². The zero-order valence-corrected chi connectivity index (χ0v) is 10.9. The first-order valence-electron chi connectivity index (χ1n) is 5.59. The summed E-state index contributed by atoms with van der Waals surface area (Å²) in [6, 6.07) is 3.61. The second-order valence-electron chi connectivity index (χ2n) is 4.10. The fourth-order valence-corrected chi connectivity index (χ4v) is 1.88. The summed E-state index contributed by atoms with van der Waals surface area (Å²) in [4.78, 5) is 16.8. The van der Waals surface area contributed by atoms with Crippen LogP contribution in [-0.4, -0.2) is 27.7 Å². The molecular formula is C13H15N3O2. The lowest BCUT2D eigenvalue weighted by molar-refractivity contribution is 0.102. The van der Waals surface area contributed by atoms with Gasteiger partial charge in [-0.15, -0.1) is 0 Å². The van der Waals surface area contributed by atoms with Crippen LogP contribution in [0.1, 0.15) is 27.4 Å². The monoisotopic (exact) mass is 245 g/mol. The van der Waals surface area contributed by atoms with Gasteiger partial charge in [0.1, 0.15) is 0 Å². The van der Waals surface area contributed by atoms with Crippen LogP contribution in [0.15, 0.2) is 18.3 Å². The number of aryl methyl sites for hydroxylation is 3. The van der Waals surface area contributed by atoms with Crippen molar-refractivity contribution < 1.29 is 9.53 Å². The molecule has 0 aromatic carbocycles. The third-order valence-corrected chi connectivity index (χ3v) is 2.81. The number of ketones is 1. The molecule has 0 unspecified atom stereocenters. The Morgan fingerprint density at radius 2 is 2.06 bits per heavy atom. The number of hydrogen-bond donors (Lipinski definition) is 0. The Labute approximate surface area is 105 Å². The van der Waals surface area contributed by atoms with Gasteiger partial charge in [0, 0.05) is 24.0 Å². The summed E-state index contributed by atoms with van der Waals surface area (Å²) < 4.78 is 6.66. The minimum absolute atomic E-state index is 0.128. The highest BCUT2D eigenvalue weighted by Gasteiger charge is 2.21. The summed E-state index contributed by atoms with van der Waals surface area (Å²) in [5.41, 5.74) is 2.61. The van der Waals surface area contributed by atoms with Crippen LogP contribution in [0.5, 0.6) is 5.75 Å². The minimum atomic E-state index is -0.128. The number of rotatable bonds is 3. The average Bonchev–Trinajstić information content (AvgIpc) is 2.69. The highest BCUT2D eigenvalue weighted by atomic mass is 16.5. The SMILES string of the molecule is COc1cnn(C)c1C(=O)c1ccc(C)nc1C. The Bertz CT molecular complexity index is 602. The van der Waals surface area contributed by atoms with Gasteiger partial charge in [-0.1, -0.05) is 0 Å². The molecule has 0 aliphatic rings. The van der Waals surface area contributed by atoms with Crippen molar-refractivity contribution in [2.45, 2.75) is 13.8 Å². The molecule has 0 bridgehead atoms. The fourth-order valence-electron chi connectivity index (χ4n) is 1.88. The van der Waals surface area contributed by atoms with E-state index < -0.39 is 0 Å². The Kier molecular flexibility index (Phi) is 3.14. The summed E-state index contributed by atoms with van der Waals surface area (Å²) in [5, 5.41) is 4.03. The van der Waals surface area contributed by atoms with Gasteiger partial charge in [-0.2, -0.15) is 5.10 Å². The summed E-state index contributed by atoms with van der Waals surface area (Å²) in [6.07, 6.45) is 1.53. The lowest BCUT2D eigenvalue weighted by Gasteiger charge is -2.07. The molecule has 2 aromatic rings. The molecule has 5 heteroatoms. The molecule has 2 heterocycles. The van der Waals surface area contributed by atoms with Crippen LogP contribution in [0.2, 0.25) is 0 Å². The summed E-state index contributed by atoms with van der Waals surface area (Å²) >= 11 is 0. The molecule has 5 nitrogen and oxygen atoms in total. The molecule has 0 saturated carbocycles. The smallest absolute Gasteiger partial charge is 0.216 e. The van der Waals surface area contributed by atoms with Gasteiger partial charge in [-0.05, 0) is 26.0 Å². The van der Waals surface area contributed by atoms with Gasteiger partial charge in [0.15, 0.2) is 11.4 Å². The Morgan fingerprint density at radius 1 is 1.33 bits per heavy atom. The fraction of sp³-hybridized carbons (Fsp3) is 0.308. The van der Waals surface area contributed by atoms with Crippen LogP contribution < -0.4 is 4.74 Å². The van der Waals surface area contributed by atoms with E-state index in [0.717, 1.165) is 5.69 Å². The number of nitrogens with zero attached hydrogens (tertiary/aromatic N) is 3. The highest BCUT2D eigenvalue weighted by Crippen LogP contribution is 2.21. The van der Waals surface area contributed by atoms with Gasteiger partial charge in [0.2, 0.25) is 5.78 Å². The van der Waals surface area contributed by atoms with Crippen LogP contribution in [0.25, 0.3) is 0 Å². The van der Waals surface area contributed by atoms with Gasteiger partial charge in [-0.3, -0.25) is 14.5 Å². The lowest BCUT2D eigenvalue weighted by Crippen LogP contribution is -2.12. The number of aromatic nitrogens is 3. The molecule has 0 radical (unpaired) electrons. The first-order chi connectivity index (χ1) is 8.54. The van der Waals surface area contributed by atoms with Crippen molar-refractivity contribution >= 4 is 5.78 Å². The largest absolute Gasteiger partial charge is 0.493 e. The molecule has 0 atom stereocenters. The molecule has 0 amide bonds. The number of carbonyl (C=O) groups is 1. The molecule has 18 heavy (non-hydrogen) atoms. The second kappa shape index (κ2) is 4.60. The molecule has 94 valence electrons. The number of ether oxygens (including phenoxy) is 1. The maximum atomic E-state index is 12.5. The number of methoxy groups -OCH3 is 1. The van der Waals surface area contributed by atoms with Crippen LogP contribution >= 0.6 is 0 Å². The Balaban J connectivity index is 2.51. The molecule has 0 spiro atoms. The molecule has 0 saturated heterocycles. The predicted octanol–water partition coefficient (Wildman–Crippen LogP) is 1.67. The third kappa shape index (κ3) is 1.99. The van der Waals surface area contributed by atoms with E-state index >= 15 is 0 Å². The molecular weight excluding hydrogens is 230 g/mol.